The van der Waals surface area contributed by atoms with E-state index in [1.165, 1.54) is 28.3 Å². The maximum absolute atomic E-state index is 13.8. The Bertz CT molecular complexity index is 1570. The van der Waals surface area contributed by atoms with Gasteiger partial charge in [0.25, 0.3) is 11.8 Å². The van der Waals surface area contributed by atoms with Crippen LogP contribution in [0.5, 0.6) is 5.75 Å². The molecule has 0 saturated carbocycles. The number of rotatable bonds is 7. The average Bonchev–Trinajstić information content (AvgIpc) is 3.34. The zero-order chi connectivity index (χ0) is 27.4. The van der Waals surface area contributed by atoms with Crippen molar-refractivity contribution in [1.82, 2.24) is 15.1 Å². The fourth-order valence-corrected chi connectivity index (χ4v) is 4.43. The van der Waals surface area contributed by atoms with Crippen molar-refractivity contribution in [2.24, 2.45) is 0 Å². The molecular formula is C30H27N5O4. The zero-order valence-electron chi connectivity index (χ0n) is 21.6. The molecule has 9 heteroatoms. The number of anilines is 2. The summed E-state index contributed by atoms with van der Waals surface area (Å²) >= 11 is 0. The minimum absolute atomic E-state index is 0.0986. The standard InChI is InChI=1S/C30H27N5O4/c1-3-34(22-13-15-23(39-2)16-14-22)28(36)20-33-17-18-35(21-9-5-4-6-10-21)30(38)25(29(33)37)19-27-24-11-7-8-12-26(24)31-32-27/h4-19H,3,20H2,1-2H3,(H,31,32). The van der Waals surface area contributed by atoms with Gasteiger partial charge in [0.2, 0.25) is 5.91 Å². The van der Waals surface area contributed by atoms with Gasteiger partial charge in [-0.05, 0) is 55.5 Å². The van der Waals surface area contributed by atoms with Crippen LogP contribution in [0.15, 0.2) is 96.8 Å². The molecule has 0 fully saturated rings. The molecule has 9 nitrogen and oxygen atoms in total. The molecule has 0 unspecified atom stereocenters. The predicted octanol–water partition coefficient (Wildman–Crippen LogP) is 4.35. The summed E-state index contributed by atoms with van der Waals surface area (Å²) in [5.41, 5.74) is 2.40. The first-order valence-corrected chi connectivity index (χ1v) is 12.5. The Morgan fingerprint density at radius 3 is 2.38 bits per heavy atom. The zero-order valence-corrected chi connectivity index (χ0v) is 21.6. The number of carbonyl (C=O) groups excluding carboxylic acids is 3. The number of likely N-dealkylation sites (N-methyl/N-ethyl adjacent to an activating group) is 1. The lowest BCUT2D eigenvalue weighted by Crippen LogP contribution is -2.41. The second-order valence-corrected chi connectivity index (χ2v) is 8.79. The molecule has 196 valence electrons. The average molecular weight is 522 g/mol. The molecular weight excluding hydrogens is 494 g/mol. The van der Waals surface area contributed by atoms with Crippen molar-refractivity contribution in [2.75, 3.05) is 30.0 Å². The molecule has 1 aromatic heterocycles. The van der Waals surface area contributed by atoms with Gasteiger partial charge < -0.3 is 14.5 Å². The van der Waals surface area contributed by atoms with Crippen molar-refractivity contribution in [2.45, 2.75) is 6.92 Å². The van der Waals surface area contributed by atoms with Crippen LogP contribution >= 0.6 is 0 Å². The van der Waals surface area contributed by atoms with Crippen molar-refractivity contribution >= 4 is 46.1 Å². The molecule has 0 radical (unpaired) electrons. The summed E-state index contributed by atoms with van der Waals surface area (Å²) < 4.78 is 5.22. The lowest BCUT2D eigenvalue weighted by molar-refractivity contribution is -0.131. The molecule has 0 bridgehead atoms. The molecule has 0 aliphatic carbocycles. The van der Waals surface area contributed by atoms with E-state index in [2.05, 4.69) is 10.2 Å². The van der Waals surface area contributed by atoms with Crippen LogP contribution < -0.4 is 14.5 Å². The predicted molar refractivity (Wildman–Crippen MR) is 150 cm³/mol. The number of nitrogens with one attached hydrogen (secondary N) is 1. The van der Waals surface area contributed by atoms with Crippen LogP contribution in [0.1, 0.15) is 12.6 Å². The molecule has 0 atom stereocenters. The maximum Gasteiger partial charge on any atom is 0.268 e. The third-order valence-corrected chi connectivity index (χ3v) is 6.46. The van der Waals surface area contributed by atoms with Crippen molar-refractivity contribution in [3.8, 4) is 5.75 Å². The smallest absolute Gasteiger partial charge is 0.268 e. The highest BCUT2D eigenvalue weighted by atomic mass is 16.5. The Morgan fingerprint density at radius 1 is 0.949 bits per heavy atom. The molecule has 1 aliphatic rings. The molecule has 5 rings (SSSR count). The van der Waals surface area contributed by atoms with Crippen LogP contribution in [-0.4, -0.2) is 53.0 Å². The Morgan fingerprint density at radius 2 is 1.67 bits per heavy atom. The highest BCUT2D eigenvalue weighted by Crippen LogP contribution is 2.25. The van der Waals surface area contributed by atoms with E-state index in [1.54, 1.807) is 48.4 Å². The van der Waals surface area contributed by atoms with E-state index in [1.807, 2.05) is 49.4 Å². The first kappa shape index (κ1) is 25.5. The minimum Gasteiger partial charge on any atom is -0.497 e. The summed E-state index contributed by atoms with van der Waals surface area (Å²) in [6.07, 6.45) is 4.48. The van der Waals surface area contributed by atoms with Crippen LogP contribution in [0.2, 0.25) is 0 Å². The van der Waals surface area contributed by atoms with Gasteiger partial charge in [-0.15, -0.1) is 0 Å². The lowest BCUT2D eigenvalue weighted by Gasteiger charge is -2.24. The summed E-state index contributed by atoms with van der Waals surface area (Å²) in [5.74, 6) is -0.729. The Balaban J connectivity index is 1.51. The van der Waals surface area contributed by atoms with E-state index in [0.29, 0.717) is 34.9 Å². The summed E-state index contributed by atoms with van der Waals surface area (Å²) in [5, 5.41) is 7.97. The quantitative estimate of drug-likeness (QED) is 0.288. The largest absolute Gasteiger partial charge is 0.497 e. The van der Waals surface area contributed by atoms with E-state index < -0.39 is 11.8 Å². The normalized spacial score (nSPS) is 14.7. The molecule has 3 aromatic carbocycles. The van der Waals surface area contributed by atoms with Gasteiger partial charge in [0, 0.05) is 35.7 Å². The van der Waals surface area contributed by atoms with Crippen LogP contribution in [-0.2, 0) is 14.4 Å². The van der Waals surface area contributed by atoms with E-state index in [4.69, 9.17) is 4.74 Å². The van der Waals surface area contributed by atoms with Crippen molar-refractivity contribution in [3.63, 3.8) is 0 Å². The van der Waals surface area contributed by atoms with Gasteiger partial charge in [0.15, 0.2) is 0 Å². The molecule has 3 amide bonds. The number of aromatic nitrogens is 2. The molecule has 1 aliphatic heterocycles. The summed E-state index contributed by atoms with van der Waals surface area (Å²) in [6.45, 7) is 2.00. The molecule has 2 heterocycles. The molecule has 4 aromatic rings. The number of para-hydroxylation sites is 2. The number of H-pyrrole nitrogens is 1. The molecule has 1 N–H and O–H groups in total. The second kappa shape index (κ2) is 11.1. The fraction of sp³-hybridized carbons (Fsp3) is 0.133. The number of hydrogen-bond donors (Lipinski definition) is 1. The van der Waals surface area contributed by atoms with Gasteiger partial charge in [-0.3, -0.25) is 24.4 Å². The molecule has 0 spiro atoms. The highest BCUT2D eigenvalue weighted by molar-refractivity contribution is 6.28. The number of ether oxygens (including phenoxy) is 1. The number of nitrogens with zero attached hydrogens (tertiary/aromatic N) is 4. The molecule has 39 heavy (non-hydrogen) atoms. The van der Waals surface area contributed by atoms with E-state index in [-0.39, 0.29) is 18.0 Å². The maximum atomic E-state index is 13.8. The van der Waals surface area contributed by atoms with Crippen molar-refractivity contribution < 1.29 is 19.1 Å². The fourth-order valence-electron chi connectivity index (χ4n) is 4.43. The summed E-state index contributed by atoms with van der Waals surface area (Å²) in [4.78, 5) is 45.2. The van der Waals surface area contributed by atoms with Gasteiger partial charge >= 0.3 is 0 Å². The first-order chi connectivity index (χ1) is 19.0. The summed E-state index contributed by atoms with van der Waals surface area (Å²) in [6, 6.07) is 23.6. The van der Waals surface area contributed by atoms with Gasteiger partial charge in [-0.1, -0.05) is 36.4 Å². The van der Waals surface area contributed by atoms with Crippen LogP contribution in [0.25, 0.3) is 17.0 Å². The summed E-state index contributed by atoms with van der Waals surface area (Å²) in [7, 11) is 1.58. The van der Waals surface area contributed by atoms with E-state index in [0.717, 1.165) is 5.39 Å². The van der Waals surface area contributed by atoms with E-state index in [9.17, 15) is 14.4 Å². The number of amides is 3. The lowest BCUT2D eigenvalue weighted by atomic mass is 10.1. The number of methoxy groups -OCH3 is 1. The first-order valence-electron chi connectivity index (χ1n) is 12.5. The number of benzene rings is 3. The number of carbonyl (C=O) groups is 3. The third-order valence-electron chi connectivity index (χ3n) is 6.46. The third kappa shape index (κ3) is 5.15. The van der Waals surface area contributed by atoms with Crippen LogP contribution in [0.3, 0.4) is 0 Å². The highest BCUT2D eigenvalue weighted by Gasteiger charge is 2.32. The number of aromatic amines is 1. The van der Waals surface area contributed by atoms with E-state index >= 15 is 0 Å². The van der Waals surface area contributed by atoms with Gasteiger partial charge in [0.1, 0.15) is 17.9 Å². The van der Waals surface area contributed by atoms with Crippen LogP contribution in [0, 0.1) is 0 Å². The van der Waals surface area contributed by atoms with Crippen molar-refractivity contribution in [1.29, 1.82) is 0 Å². The number of hydrogen-bond acceptors (Lipinski definition) is 5. The Kier molecular flexibility index (Phi) is 7.22. The Labute approximate surface area is 225 Å². The van der Waals surface area contributed by atoms with Gasteiger partial charge in [-0.25, -0.2) is 0 Å². The SMILES string of the molecule is CCN(C(=O)CN1C=CN(c2ccccc2)C(=O)C(=Cc2[nH]nc3ccccc23)C1=O)c1ccc(OC)cc1. The molecule has 0 saturated heterocycles. The minimum atomic E-state index is -0.590. The topological polar surface area (TPSA) is 98.8 Å². The van der Waals surface area contributed by atoms with Gasteiger partial charge in [0.05, 0.1) is 18.3 Å². The van der Waals surface area contributed by atoms with Crippen LogP contribution in [0.4, 0.5) is 11.4 Å². The monoisotopic (exact) mass is 521 g/mol. The van der Waals surface area contributed by atoms with Gasteiger partial charge in [-0.2, -0.15) is 5.10 Å². The van der Waals surface area contributed by atoms with Crippen molar-refractivity contribution in [3.05, 3.63) is 103 Å². The number of fused-ring (bicyclic) bond motifs is 1. The second-order valence-electron chi connectivity index (χ2n) is 8.79. The Hall–Kier alpha value is -5.18.